The van der Waals surface area contributed by atoms with Crippen molar-refractivity contribution in [3.8, 4) is 17.3 Å². The number of nitrogens with zero attached hydrogens (tertiary/aromatic N) is 2. The summed E-state index contributed by atoms with van der Waals surface area (Å²) in [5.74, 6) is 0.667. The Balaban J connectivity index is 2.24. The fraction of sp³-hybridized carbons (Fsp3) is 0.133. The highest BCUT2D eigenvalue weighted by Crippen LogP contribution is 2.32. The Hall–Kier alpha value is -2.16. The number of carbonyl (C=O) groups is 1. The lowest BCUT2D eigenvalue weighted by atomic mass is 10.2. The Bertz CT molecular complexity index is 860. The number of para-hydroxylation sites is 1. The topological polar surface area (TPSA) is 77.1 Å². The minimum absolute atomic E-state index is 0.409. The number of H-pyrrole nitrogens is 1. The van der Waals surface area contributed by atoms with Crippen LogP contribution in [-0.2, 0) is 4.74 Å². The number of imidazole rings is 1. The predicted molar refractivity (Wildman–Crippen MR) is 89.9 cm³/mol. The molecule has 0 spiro atoms. The molecule has 0 fully saturated rings. The average Bonchev–Trinajstić information content (AvgIpc) is 2.97. The van der Waals surface area contributed by atoms with Gasteiger partial charge in [0, 0.05) is 9.77 Å². The van der Waals surface area contributed by atoms with Gasteiger partial charge >= 0.3 is 5.97 Å². The highest BCUT2D eigenvalue weighted by molar-refractivity contribution is 14.1. The second kappa shape index (κ2) is 5.91. The molecular formula is C15H12IN3O3. The van der Waals surface area contributed by atoms with Crippen LogP contribution in [0.25, 0.3) is 22.4 Å². The number of fused-ring (bicyclic) bond motifs is 1. The van der Waals surface area contributed by atoms with Gasteiger partial charge in [0.15, 0.2) is 0 Å². The molecule has 0 atom stereocenters. The summed E-state index contributed by atoms with van der Waals surface area (Å²) in [7, 11) is 2.91. The van der Waals surface area contributed by atoms with Crippen LogP contribution in [-0.4, -0.2) is 35.1 Å². The molecule has 112 valence electrons. The molecule has 0 aliphatic heterocycles. The van der Waals surface area contributed by atoms with Gasteiger partial charge in [-0.3, -0.25) is 0 Å². The maximum Gasteiger partial charge on any atom is 0.340 e. The van der Waals surface area contributed by atoms with Crippen molar-refractivity contribution in [2.45, 2.75) is 0 Å². The summed E-state index contributed by atoms with van der Waals surface area (Å²) in [5.41, 5.74) is 2.51. The fourth-order valence-electron chi connectivity index (χ4n) is 2.22. The van der Waals surface area contributed by atoms with Crippen LogP contribution in [0.1, 0.15) is 10.4 Å². The molecule has 3 aromatic rings. The van der Waals surface area contributed by atoms with Crippen LogP contribution in [0.4, 0.5) is 0 Å². The van der Waals surface area contributed by atoms with Crippen LogP contribution in [0, 0.1) is 3.57 Å². The summed E-state index contributed by atoms with van der Waals surface area (Å²) in [6.07, 6.45) is 1.67. The zero-order valence-corrected chi connectivity index (χ0v) is 14.0. The third kappa shape index (κ3) is 2.41. The molecule has 0 unspecified atom stereocenters. The Morgan fingerprint density at radius 3 is 2.82 bits per heavy atom. The number of nitrogens with one attached hydrogen (secondary N) is 1. The summed E-state index contributed by atoms with van der Waals surface area (Å²) in [6, 6.07) is 7.16. The summed E-state index contributed by atoms with van der Waals surface area (Å²) < 4.78 is 11.1. The first kappa shape index (κ1) is 14.8. The Morgan fingerprint density at radius 1 is 1.27 bits per heavy atom. The number of carbonyl (C=O) groups excluding carboxylic acids is 1. The zero-order valence-electron chi connectivity index (χ0n) is 11.9. The van der Waals surface area contributed by atoms with E-state index < -0.39 is 5.97 Å². The van der Waals surface area contributed by atoms with Gasteiger partial charge in [-0.2, -0.15) is 0 Å². The van der Waals surface area contributed by atoms with Crippen LogP contribution in [0.2, 0.25) is 0 Å². The van der Waals surface area contributed by atoms with Crippen molar-refractivity contribution in [3.63, 3.8) is 0 Å². The number of hydrogen-bond acceptors (Lipinski definition) is 5. The van der Waals surface area contributed by atoms with E-state index in [0.717, 1.165) is 9.13 Å². The highest BCUT2D eigenvalue weighted by atomic mass is 127. The van der Waals surface area contributed by atoms with Crippen LogP contribution in [0.3, 0.4) is 0 Å². The Labute approximate surface area is 140 Å². The lowest BCUT2D eigenvalue weighted by molar-refractivity contribution is 0.0603. The molecule has 7 heteroatoms. The standard InChI is InChI=1S/C15H12IN3O3/c1-21-14-11(9(16)6-7-17-14)13-18-10-5-3-4-8(12(10)19-13)15(20)22-2/h3-7H,1-2H3,(H,18,19). The van der Waals surface area contributed by atoms with E-state index in [-0.39, 0.29) is 0 Å². The first-order valence-corrected chi connectivity index (χ1v) is 7.49. The van der Waals surface area contributed by atoms with Crippen molar-refractivity contribution < 1.29 is 14.3 Å². The lowest BCUT2D eigenvalue weighted by Gasteiger charge is -2.06. The summed E-state index contributed by atoms with van der Waals surface area (Å²) in [5, 5.41) is 0. The van der Waals surface area contributed by atoms with Crippen LogP contribution < -0.4 is 4.74 Å². The van der Waals surface area contributed by atoms with Gasteiger partial charge in [-0.05, 0) is 40.8 Å². The van der Waals surface area contributed by atoms with E-state index in [1.54, 1.807) is 25.4 Å². The molecule has 0 amide bonds. The molecule has 0 saturated carbocycles. The summed E-state index contributed by atoms with van der Waals surface area (Å²) >= 11 is 2.20. The molecule has 1 N–H and O–H groups in total. The molecule has 0 radical (unpaired) electrons. The van der Waals surface area contributed by atoms with E-state index >= 15 is 0 Å². The minimum Gasteiger partial charge on any atom is -0.480 e. The smallest absolute Gasteiger partial charge is 0.340 e. The van der Waals surface area contributed by atoms with Crippen molar-refractivity contribution in [2.24, 2.45) is 0 Å². The number of benzene rings is 1. The number of hydrogen-bond donors (Lipinski definition) is 1. The quantitative estimate of drug-likeness (QED) is 0.532. The monoisotopic (exact) mass is 409 g/mol. The van der Waals surface area contributed by atoms with Gasteiger partial charge in [-0.1, -0.05) is 6.07 Å². The molecule has 3 rings (SSSR count). The summed E-state index contributed by atoms with van der Waals surface area (Å²) in [4.78, 5) is 23.8. The number of pyridine rings is 1. The number of ether oxygens (including phenoxy) is 2. The number of esters is 1. The van der Waals surface area contributed by atoms with Gasteiger partial charge in [0.2, 0.25) is 5.88 Å². The van der Waals surface area contributed by atoms with E-state index in [4.69, 9.17) is 9.47 Å². The number of methoxy groups -OCH3 is 2. The number of aromatic amines is 1. The normalized spacial score (nSPS) is 10.7. The maximum atomic E-state index is 11.9. The van der Waals surface area contributed by atoms with Crippen molar-refractivity contribution in [2.75, 3.05) is 14.2 Å². The Kier molecular flexibility index (Phi) is 3.97. The van der Waals surface area contributed by atoms with Crippen molar-refractivity contribution in [3.05, 3.63) is 39.6 Å². The Morgan fingerprint density at radius 2 is 2.09 bits per heavy atom. The van der Waals surface area contributed by atoms with Gasteiger partial charge in [-0.25, -0.2) is 14.8 Å². The van der Waals surface area contributed by atoms with Gasteiger partial charge in [-0.15, -0.1) is 0 Å². The third-order valence-electron chi connectivity index (χ3n) is 3.22. The van der Waals surface area contributed by atoms with E-state index in [9.17, 15) is 4.79 Å². The van der Waals surface area contributed by atoms with Crippen LogP contribution in [0.5, 0.6) is 5.88 Å². The second-order valence-corrected chi connectivity index (χ2v) is 5.62. The maximum absolute atomic E-state index is 11.9. The molecule has 0 saturated heterocycles. The second-order valence-electron chi connectivity index (χ2n) is 4.45. The predicted octanol–water partition coefficient (Wildman–Crippen LogP) is 3.02. The molecule has 2 aromatic heterocycles. The van der Waals surface area contributed by atoms with E-state index in [1.165, 1.54) is 7.11 Å². The fourth-order valence-corrected chi connectivity index (χ4v) is 2.87. The lowest BCUT2D eigenvalue weighted by Crippen LogP contribution is -2.01. The first-order chi connectivity index (χ1) is 10.7. The highest BCUT2D eigenvalue weighted by Gasteiger charge is 2.18. The van der Waals surface area contributed by atoms with Crippen molar-refractivity contribution >= 4 is 39.6 Å². The van der Waals surface area contributed by atoms with Gasteiger partial charge in [0.1, 0.15) is 5.82 Å². The van der Waals surface area contributed by atoms with E-state index in [1.807, 2.05) is 12.1 Å². The SMILES string of the molecule is COC(=O)c1cccc2nc(-c3c(I)ccnc3OC)[nH]c12. The molecule has 22 heavy (non-hydrogen) atoms. The third-order valence-corrected chi connectivity index (χ3v) is 4.12. The molecular weight excluding hydrogens is 397 g/mol. The van der Waals surface area contributed by atoms with Crippen LogP contribution >= 0.6 is 22.6 Å². The first-order valence-electron chi connectivity index (χ1n) is 6.41. The van der Waals surface area contributed by atoms with E-state index in [0.29, 0.717) is 28.3 Å². The summed E-state index contributed by atoms with van der Waals surface area (Å²) in [6.45, 7) is 0. The number of rotatable bonds is 3. The number of halogens is 1. The van der Waals surface area contributed by atoms with Crippen LogP contribution in [0.15, 0.2) is 30.5 Å². The number of aromatic nitrogens is 3. The van der Waals surface area contributed by atoms with Crippen molar-refractivity contribution in [1.82, 2.24) is 15.0 Å². The minimum atomic E-state index is -0.409. The molecule has 6 nitrogen and oxygen atoms in total. The largest absolute Gasteiger partial charge is 0.480 e. The molecule has 0 aliphatic carbocycles. The molecule has 0 aliphatic rings. The van der Waals surface area contributed by atoms with Crippen molar-refractivity contribution in [1.29, 1.82) is 0 Å². The molecule has 2 heterocycles. The zero-order chi connectivity index (χ0) is 15.7. The molecule has 0 bridgehead atoms. The molecule has 1 aromatic carbocycles. The van der Waals surface area contributed by atoms with Gasteiger partial charge in [0.05, 0.1) is 36.4 Å². The average molecular weight is 409 g/mol. The van der Waals surface area contributed by atoms with Gasteiger partial charge in [0.25, 0.3) is 0 Å². The van der Waals surface area contributed by atoms with Gasteiger partial charge < -0.3 is 14.5 Å². The van der Waals surface area contributed by atoms with E-state index in [2.05, 4.69) is 37.5 Å².